The van der Waals surface area contributed by atoms with Crippen LogP contribution in [-0.2, 0) is 0 Å². The molecule has 2 unspecified atom stereocenters. The first-order chi connectivity index (χ1) is 8.66. The molecular weight excluding hydrogens is 242 g/mol. The number of hydrogen-bond acceptors (Lipinski definition) is 3. The van der Waals surface area contributed by atoms with Crippen LogP contribution in [0.5, 0.6) is 0 Å². The highest BCUT2D eigenvalue weighted by Gasteiger charge is 2.10. The van der Waals surface area contributed by atoms with Crippen LogP contribution >= 0.6 is 11.3 Å². The Hall–Kier alpha value is -1.16. The monoisotopic (exact) mass is 261 g/mol. The van der Waals surface area contributed by atoms with Crippen LogP contribution in [0.15, 0.2) is 41.1 Å². The van der Waals surface area contributed by atoms with Crippen molar-refractivity contribution in [2.24, 2.45) is 0 Å². The first kappa shape index (κ1) is 13.3. The minimum absolute atomic E-state index is 0.248. The maximum absolute atomic E-state index is 10.0. The predicted molar refractivity (Wildman–Crippen MR) is 76.9 cm³/mol. The molecule has 2 rings (SSSR count). The van der Waals surface area contributed by atoms with Gasteiger partial charge in [0.25, 0.3) is 0 Å². The lowest BCUT2D eigenvalue weighted by molar-refractivity contribution is 0.171. The van der Waals surface area contributed by atoms with Crippen LogP contribution in [0.25, 0.3) is 0 Å². The summed E-state index contributed by atoms with van der Waals surface area (Å²) in [5.74, 6) is 0. The Balaban J connectivity index is 1.90. The largest absolute Gasteiger partial charge is 0.387 e. The summed E-state index contributed by atoms with van der Waals surface area (Å²) < 4.78 is 0. The van der Waals surface area contributed by atoms with E-state index in [4.69, 9.17) is 0 Å². The van der Waals surface area contributed by atoms with Crippen molar-refractivity contribution < 1.29 is 5.11 Å². The molecule has 1 aromatic carbocycles. The Bertz CT molecular complexity index is 481. The molecule has 2 aromatic rings. The van der Waals surface area contributed by atoms with Crippen molar-refractivity contribution in [3.63, 3.8) is 0 Å². The number of rotatable bonds is 5. The van der Waals surface area contributed by atoms with Crippen molar-refractivity contribution in [2.45, 2.75) is 26.0 Å². The summed E-state index contributed by atoms with van der Waals surface area (Å²) in [5, 5.41) is 17.4. The molecule has 0 bridgehead atoms. The Morgan fingerprint density at radius 3 is 2.78 bits per heavy atom. The number of aliphatic hydroxyl groups excluding tert-OH is 1. The van der Waals surface area contributed by atoms with E-state index in [0.717, 1.165) is 5.56 Å². The van der Waals surface area contributed by atoms with Gasteiger partial charge in [-0.2, -0.15) is 11.3 Å². The van der Waals surface area contributed by atoms with Gasteiger partial charge in [-0.1, -0.05) is 29.8 Å². The van der Waals surface area contributed by atoms with Crippen molar-refractivity contribution in [2.75, 3.05) is 6.54 Å². The van der Waals surface area contributed by atoms with Crippen LogP contribution in [0.3, 0.4) is 0 Å². The zero-order chi connectivity index (χ0) is 13.0. The summed E-state index contributed by atoms with van der Waals surface area (Å²) in [6.45, 7) is 4.79. The number of thiophene rings is 1. The second-order valence-electron chi connectivity index (χ2n) is 4.62. The van der Waals surface area contributed by atoms with Gasteiger partial charge in [0, 0.05) is 12.6 Å². The van der Waals surface area contributed by atoms with Crippen LogP contribution in [0.1, 0.15) is 35.8 Å². The Morgan fingerprint density at radius 2 is 2.11 bits per heavy atom. The van der Waals surface area contributed by atoms with E-state index in [9.17, 15) is 5.11 Å². The van der Waals surface area contributed by atoms with Crippen molar-refractivity contribution in [3.05, 3.63) is 57.8 Å². The molecule has 96 valence electrons. The number of aryl methyl sites for hydroxylation is 1. The predicted octanol–water partition coefficient (Wildman–Crippen LogP) is 3.44. The van der Waals surface area contributed by atoms with Crippen LogP contribution in [0.2, 0.25) is 0 Å². The van der Waals surface area contributed by atoms with E-state index in [1.165, 1.54) is 11.1 Å². The van der Waals surface area contributed by atoms with Crippen molar-refractivity contribution in [1.82, 2.24) is 5.32 Å². The zero-order valence-corrected chi connectivity index (χ0v) is 11.6. The smallest absolute Gasteiger partial charge is 0.0922 e. The van der Waals surface area contributed by atoms with Gasteiger partial charge in [-0.3, -0.25) is 0 Å². The summed E-state index contributed by atoms with van der Waals surface area (Å²) in [5.41, 5.74) is 3.51. The molecule has 0 spiro atoms. The Labute approximate surface area is 112 Å². The third kappa shape index (κ3) is 3.42. The summed E-state index contributed by atoms with van der Waals surface area (Å²) in [4.78, 5) is 0. The first-order valence-corrected chi connectivity index (χ1v) is 7.11. The van der Waals surface area contributed by atoms with E-state index in [1.54, 1.807) is 11.3 Å². The van der Waals surface area contributed by atoms with E-state index in [2.05, 4.69) is 43.4 Å². The molecule has 0 saturated heterocycles. The summed E-state index contributed by atoms with van der Waals surface area (Å²) in [6.07, 6.45) is -0.427. The first-order valence-electron chi connectivity index (χ1n) is 6.17. The minimum atomic E-state index is -0.427. The van der Waals surface area contributed by atoms with E-state index in [-0.39, 0.29) is 6.04 Å². The molecule has 2 nitrogen and oxygen atoms in total. The average molecular weight is 261 g/mol. The van der Waals surface area contributed by atoms with Crippen LogP contribution in [0, 0.1) is 6.92 Å². The molecule has 0 radical (unpaired) electrons. The standard InChI is InChI=1S/C15H19NOS/c1-11-4-3-5-13(8-11)12(2)16-9-15(17)14-6-7-18-10-14/h3-8,10,12,15-17H,9H2,1-2H3. The highest BCUT2D eigenvalue weighted by Crippen LogP contribution is 2.18. The molecule has 1 aromatic heterocycles. The van der Waals surface area contributed by atoms with Gasteiger partial charge in [-0.05, 0) is 41.8 Å². The number of benzene rings is 1. The third-order valence-electron chi connectivity index (χ3n) is 3.09. The molecule has 0 amide bonds. The fourth-order valence-electron chi connectivity index (χ4n) is 1.93. The SMILES string of the molecule is Cc1cccc(C(C)NCC(O)c2ccsc2)c1. The van der Waals surface area contributed by atoms with Gasteiger partial charge in [-0.25, -0.2) is 0 Å². The zero-order valence-electron chi connectivity index (χ0n) is 10.8. The fraction of sp³-hybridized carbons (Fsp3) is 0.333. The van der Waals surface area contributed by atoms with Gasteiger partial charge in [-0.15, -0.1) is 0 Å². The van der Waals surface area contributed by atoms with Crippen molar-refractivity contribution in [1.29, 1.82) is 0 Å². The molecular formula is C15H19NOS. The van der Waals surface area contributed by atoms with E-state index < -0.39 is 6.10 Å². The normalized spacial score (nSPS) is 14.4. The number of aliphatic hydroxyl groups is 1. The molecule has 0 fully saturated rings. The highest BCUT2D eigenvalue weighted by molar-refractivity contribution is 7.07. The second-order valence-corrected chi connectivity index (χ2v) is 5.40. The Kier molecular flexibility index (Phi) is 4.53. The molecule has 3 heteroatoms. The van der Waals surface area contributed by atoms with Crippen LogP contribution in [-0.4, -0.2) is 11.7 Å². The molecule has 0 saturated carbocycles. The lowest BCUT2D eigenvalue weighted by atomic mass is 10.1. The van der Waals surface area contributed by atoms with Gasteiger partial charge in [0.1, 0.15) is 0 Å². The quantitative estimate of drug-likeness (QED) is 0.864. The van der Waals surface area contributed by atoms with Gasteiger partial charge < -0.3 is 10.4 Å². The van der Waals surface area contributed by atoms with E-state index in [0.29, 0.717) is 6.54 Å². The molecule has 0 aliphatic heterocycles. The number of hydrogen-bond donors (Lipinski definition) is 2. The van der Waals surface area contributed by atoms with Crippen molar-refractivity contribution >= 4 is 11.3 Å². The molecule has 0 aliphatic carbocycles. The van der Waals surface area contributed by atoms with Gasteiger partial charge >= 0.3 is 0 Å². The number of nitrogens with one attached hydrogen (secondary N) is 1. The van der Waals surface area contributed by atoms with Gasteiger partial charge in [0.2, 0.25) is 0 Å². The fourth-order valence-corrected chi connectivity index (χ4v) is 2.64. The maximum atomic E-state index is 10.0. The van der Waals surface area contributed by atoms with Gasteiger partial charge in [0.15, 0.2) is 0 Å². The topological polar surface area (TPSA) is 32.3 Å². The summed E-state index contributed by atoms with van der Waals surface area (Å²) in [7, 11) is 0. The van der Waals surface area contributed by atoms with Crippen LogP contribution < -0.4 is 5.32 Å². The average Bonchev–Trinajstić information content (AvgIpc) is 2.89. The van der Waals surface area contributed by atoms with E-state index in [1.807, 2.05) is 16.8 Å². The molecule has 2 atom stereocenters. The molecule has 0 aliphatic rings. The lowest BCUT2D eigenvalue weighted by Crippen LogP contribution is -2.24. The molecule has 1 heterocycles. The molecule has 2 N–H and O–H groups in total. The maximum Gasteiger partial charge on any atom is 0.0922 e. The lowest BCUT2D eigenvalue weighted by Gasteiger charge is -2.17. The molecule has 18 heavy (non-hydrogen) atoms. The summed E-state index contributed by atoms with van der Waals surface area (Å²) >= 11 is 1.61. The van der Waals surface area contributed by atoms with Crippen molar-refractivity contribution in [3.8, 4) is 0 Å². The summed E-state index contributed by atoms with van der Waals surface area (Å²) in [6, 6.07) is 10.7. The van der Waals surface area contributed by atoms with E-state index >= 15 is 0 Å². The Morgan fingerprint density at radius 1 is 1.28 bits per heavy atom. The second kappa shape index (κ2) is 6.14. The van der Waals surface area contributed by atoms with Gasteiger partial charge in [0.05, 0.1) is 6.10 Å². The highest BCUT2D eigenvalue weighted by atomic mass is 32.1. The minimum Gasteiger partial charge on any atom is -0.387 e. The van der Waals surface area contributed by atoms with Crippen LogP contribution in [0.4, 0.5) is 0 Å². The third-order valence-corrected chi connectivity index (χ3v) is 3.79.